The number of para-hydroxylation sites is 1. The SMILES string of the molecule is CCCCCOc1ccccc1CNc1ccc(C)cc1C. The highest BCUT2D eigenvalue weighted by atomic mass is 16.5. The summed E-state index contributed by atoms with van der Waals surface area (Å²) in [7, 11) is 0. The van der Waals surface area contributed by atoms with Crippen LogP contribution in [-0.2, 0) is 6.54 Å². The van der Waals surface area contributed by atoms with Gasteiger partial charge in [-0.15, -0.1) is 0 Å². The topological polar surface area (TPSA) is 21.3 Å². The van der Waals surface area contributed by atoms with Gasteiger partial charge < -0.3 is 10.1 Å². The second-order valence-corrected chi connectivity index (χ2v) is 5.84. The van der Waals surface area contributed by atoms with Crippen LogP contribution in [-0.4, -0.2) is 6.61 Å². The van der Waals surface area contributed by atoms with Gasteiger partial charge in [-0.25, -0.2) is 0 Å². The summed E-state index contributed by atoms with van der Waals surface area (Å²) in [5.74, 6) is 0.996. The van der Waals surface area contributed by atoms with E-state index in [1.165, 1.54) is 35.2 Å². The third-order valence-corrected chi connectivity index (χ3v) is 3.83. The van der Waals surface area contributed by atoms with Crippen LogP contribution in [0.3, 0.4) is 0 Å². The highest BCUT2D eigenvalue weighted by Crippen LogP contribution is 2.22. The second-order valence-electron chi connectivity index (χ2n) is 5.84. The Balaban J connectivity index is 1.97. The highest BCUT2D eigenvalue weighted by molar-refractivity contribution is 5.52. The van der Waals surface area contributed by atoms with Crippen LogP contribution in [0, 0.1) is 13.8 Å². The third-order valence-electron chi connectivity index (χ3n) is 3.83. The molecule has 118 valence electrons. The smallest absolute Gasteiger partial charge is 0.124 e. The lowest BCUT2D eigenvalue weighted by Gasteiger charge is -2.14. The molecule has 0 aliphatic heterocycles. The van der Waals surface area contributed by atoms with E-state index in [1.54, 1.807) is 0 Å². The largest absolute Gasteiger partial charge is 0.493 e. The minimum Gasteiger partial charge on any atom is -0.493 e. The van der Waals surface area contributed by atoms with Gasteiger partial charge in [-0.05, 0) is 38.0 Å². The van der Waals surface area contributed by atoms with Gasteiger partial charge in [0.1, 0.15) is 5.75 Å². The van der Waals surface area contributed by atoms with Gasteiger partial charge in [0.2, 0.25) is 0 Å². The molecular formula is C20H27NO. The molecule has 0 atom stereocenters. The van der Waals surface area contributed by atoms with E-state index < -0.39 is 0 Å². The predicted octanol–water partition coefficient (Wildman–Crippen LogP) is 5.48. The molecule has 2 aromatic carbocycles. The van der Waals surface area contributed by atoms with Gasteiger partial charge in [0, 0.05) is 17.8 Å². The van der Waals surface area contributed by atoms with Gasteiger partial charge in [-0.1, -0.05) is 55.7 Å². The van der Waals surface area contributed by atoms with Gasteiger partial charge >= 0.3 is 0 Å². The number of ether oxygens (including phenoxy) is 1. The molecule has 2 nitrogen and oxygen atoms in total. The summed E-state index contributed by atoms with van der Waals surface area (Å²) >= 11 is 0. The van der Waals surface area contributed by atoms with Crippen molar-refractivity contribution in [3.05, 3.63) is 59.2 Å². The molecule has 0 aromatic heterocycles. The molecule has 0 saturated carbocycles. The Kier molecular flexibility index (Phi) is 6.32. The summed E-state index contributed by atoms with van der Waals surface area (Å²) < 4.78 is 5.94. The molecular weight excluding hydrogens is 270 g/mol. The molecule has 1 N–H and O–H groups in total. The Bertz CT molecular complexity index is 592. The number of rotatable bonds is 8. The van der Waals surface area contributed by atoms with E-state index in [1.807, 2.05) is 6.07 Å². The number of hydrogen-bond donors (Lipinski definition) is 1. The molecule has 2 rings (SSSR count). The van der Waals surface area contributed by atoms with Gasteiger partial charge in [-0.2, -0.15) is 0 Å². The lowest BCUT2D eigenvalue weighted by molar-refractivity contribution is 0.303. The first-order valence-corrected chi connectivity index (χ1v) is 8.22. The van der Waals surface area contributed by atoms with Crippen LogP contribution in [0.5, 0.6) is 5.75 Å². The number of benzene rings is 2. The lowest BCUT2D eigenvalue weighted by atomic mass is 10.1. The van der Waals surface area contributed by atoms with Crippen molar-refractivity contribution < 1.29 is 4.74 Å². The van der Waals surface area contributed by atoms with E-state index in [4.69, 9.17) is 4.74 Å². The highest BCUT2D eigenvalue weighted by Gasteiger charge is 2.04. The Hall–Kier alpha value is -1.96. The minimum absolute atomic E-state index is 0.786. The average Bonchev–Trinajstić information content (AvgIpc) is 2.52. The van der Waals surface area contributed by atoms with E-state index >= 15 is 0 Å². The van der Waals surface area contributed by atoms with Gasteiger partial charge in [0.25, 0.3) is 0 Å². The average molecular weight is 297 g/mol. The van der Waals surface area contributed by atoms with E-state index in [0.717, 1.165) is 25.3 Å². The molecule has 2 aromatic rings. The normalized spacial score (nSPS) is 10.5. The molecule has 0 aliphatic rings. The standard InChI is InChI=1S/C20H27NO/c1-4-5-8-13-22-20-10-7-6-9-18(20)15-21-19-12-11-16(2)14-17(19)3/h6-7,9-12,14,21H,4-5,8,13,15H2,1-3H3. The fourth-order valence-corrected chi connectivity index (χ4v) is 2.53. The maximum atomic E-state index is 5.94. The molecule has 0 unspecified atom stereocenters. The van der Waals surface area contributed by atoms with Crippen molar-refractivity contribution in [2.75, 3.05) is 11.9 Å². The van der Waals surface area contributed by atoms with E-state index in [-0.39, 0.29) is 0 Å². The lowest BCUT2D eigenvalue weighted by Crippen LogP contribution is -2.05. The monoisotopic (exact) mass is 297 g/mol. The zero-order chi connectivity index (χ0) is 15.8. The first-order chi connectivity index (χ1) is 10.7. The van der Waals surface area contributed by atoms with Crippen molar-refractivity contribution in [3.63, 3.8) is 0 Å². The van der Waals surface area contributed by atoms with Crippen LogP contribution >= 0.6 is 0 Å². The molecule has 2 heteroatoms. The van der Waals surface area contributed by atoms with Crippen molar-refractivity contribution in [2.45, 2.75) is 46.6 Å². The quantitative estimate of drug-likeness (QED) is 0.651. The Morgan fingerprint density at radius 3 is 2.59 bits per heavy atom. The Morgan fingerprint density at radius 2 is 1.82 bits per heavy atom. The van der Waals surface area contributed by atoms with Gasteiger partial charge in [-0.3, -0.25) is 0 Å². The maximum Gasteiger partial charge on any atom is 0.124 e. The number of aryl methyl sites for hydroxylation is 2. The van der Waals surface area contributed by atoms with Crippen LogP contribution in [0.1, 0.15) is 42.9 Å². The van der Waals surface area contributed by atoms with Crippen LogP contribution in [0.15, 0.2) is 42.5 Å². The van der Waals surface area contributed by atoms with Crippen molar-refractivity contribution in [1.82, 2.24) is 0 Å². The van der Waals surface area contributed by atoms with Crippen molar-refractivity contribution in [3.8, 4) is 5.75 Å². The second kappa shape index (κ2) is 8.47. The fraction of sp³-hybridized carbons (Fsp3) is 0.400. The van der Waals surface area contributed by atoms with Crippen molar-refractivity contribution in [2.24, 2.45) is 0 Å². The van der Waals surface area contributed by atoms with Crippen LogP contribution in [0.4, 0.5) is 5.69 Å². The van der Waals surface area contributed by atoms with Gasteiger partial charge in [0.15, 0.2) is 0 Å². The zero-order valence-electron chi connectivity index (χ0n) is 14.0. The molecule has 0 spiro atoms. The van der Waals surface area contributed by atoms with E-state index in [9.17, 15) is 0 Å². The predicted molar refractivity (Wildman–Crippen MR) is 94.7 cm³/mol. The summed E-state index contributed by atoms with van der Waals surface area (Å²) in [6.45, 7) is 8.06. The Labute approximate surface area is 134 Å². The molecule has 0 heterocycles. The van der Waals surface area contributed by atoms with E-state index in [2.05, 4.69) is 62.5 Å². The number of anilines is 1. The number of unbranched alkanes of at least 4 members (excludes halogenated alkanes) is 2. The van der Waals surface area contributed by atoms with Crippen LogP contribution < -0.4 is 10.1 Å². The fourth-order valence-electron chi connectivity index (χ4n) is 2.53. The van der Waals surface area contributed by atoms with Gasteiger partial charge in [0.05, 0.1) is 6.61 Å². The molecule has 0 aliphatic carbocycles. The first kappa shape index (κ1) is 16.4. The third kappa shape index (κ3) is 4.80. The molecule has 0 bridgehead atoms. The number of nitrogens with one attached hydrogen (secondary N) is 1. The molecule has 0 amide bonds. The summed E-state index contributed by atoms with van der Waals surface area (Å²) in [6, 6.07) is 14.8. The molecule has 0 fully saturated rings. The van der Waals surface area contributed by atoms with Crippen LogP contribution in [0.2, 0.25) is 0 Å². The Morgan fingerprint density at radius 1 is 1.00 bits per heavy atom. The summed E-state index contributed by atoms with van der Waals surface area (Å²) in [6.07, 6.45) is 3.57. The minimum atomic E-state index is 0.786. The summed E-state index contributed by atoms with van der Waals surface area (Å²) in [4.78, 5) is 0. The molecule has 0 saturated heterocycles. The summed E-state index contributed by atoms with van der Waals surface area (Å²) in [5, 5.41) is 3.52. The first-order valence-electron chi connectivity index (χ1n) is 8.22. The summed E-state index contributed by atoms with van der Waals surface area (Å²) in [5.41, 5.74) is 4.97. The number of hydrogen-bond acceptors (Lipinski definition) is 2. The van der Waals surface area contributed by atoms with Crippen molar-refractivity contribution >= 4 is 5.69 Å². The van der Waals surface area contributed by atoms with Crippen molar-refractivity contribution in [1.29, 1.82) is 0 Å². The maximum absolute atomic E-state index is 5.94. The van der Waals surface area contributed by atoms with Crippen LogP contribution in [0.25, 0.3) is 0 Å². The molecule has 22 heavy (non-hydrogen) atoms. The molecule has 0 radical (unpaired) electrons. The zero-order valence-corrected chi connectivity index (χ0v) is 14.0. The van der Waals surface area contributed by atoms with E-state index in [0.29, 0.717) is 0 Å².